The number of fused-ring (bicyclic) bond motifs is 1. The molecule has 2 aromatic carbocycles. The molecule has 0 amide bonds. The van der Waals surface area contributed by atoms with Crippen molar-refractivity contribution < 1.29 is 4.52 Å². The summed E-state index contributed by atoms with van der Waals surface area (Å²) in [6, 6.07) is 15.2. The van der Waals surface area contributed by atoms with E-state index in [1.165, 1.54) is 17.7 Å². The average Bonchev–Trinajstić information content (AvgIpc) is 3.14. The highest BCUT2D eigenvalue weighted by Crippen LogP contribution is 2.30. The van der Waals surface area contributed by atoms with Crippen molar-refractivity contribution in [3.63, 3.8) is 0 Å². The fourth-order valence-electron chi connectivity index (χ4n) is 2.34. The Labute approximate surface area is 123 Å². The van der Waals surface area contributed by atoms with Crippen molar-refractivity contribution in [2.75, 3.05) is 0 Å². The van der Waals surface area contributed by atoms with Gasteiger partial charge in [0, 0.05) is 0 Å². The molecule has 0 aliphatic rings. The summed E-state index contributed by atoms with van der Waals surface area (Å²) in [6.07, 6.45) is 1.35. The molecule has 0 atom stereocenters. The molecule has 102 valence electrons. The van der Waals surface area contributed by atoms with Gasteiger partial charge in [-0.15, -0.1) is 0 Å². The summed E-state index contributed by atoms with van der Waals surface area (Å²) in [7, 11) is 0. The molecular weight excluding hydrogens is 286 g/mol. The second-order valence-electron chi connectivity index (χ2n) is 4.44. The normalized spacial score (nSPS) is 11.0. The summed E-state index contributed by atoms with van der Waals surface area (Å²) >= 11 is 1.20. The number of hydrogen-bond donors (Lipinski definition) is 0. The van der Waals surface area contributed by atoms with Crippen LogP contribution in [-0.2, 0) is 0 Å². The fraction of sp³-hybridized carbons (Fsp3) is 0. The molecule has 0 spiro atoms. The lowest BCUT2D eigenvalue weighted by molar-refractivity contribution is 0.430. The minimum absolute atomic E-state index is 0.0387. The largest absolute Gasteiger partial charge is 0.334 e. The highest BCUT2D eigenvalue weighted by atomic mass is 32.1. The van der Waals surface area contributed by atoms with E-state index in [0.29, 0.717) is 5.89 Å². The lowest BCUT2D eigenvalue weighted by Gasteiger charge is -2.05. The first-order chi connectivity index (χ1) is 10.3. The van der Waals surface area contributed by atoms with E-state index in [9.17, 15) is 4.79 Å². The highest BCUT2D eigenvalue weighted by molar-refractivity contribution is 7.16. The van der Waals surface area contributed by atoms with E-state index < -0.39 is 0 Å². The van der Waals surface area contributed by atoms with Gasteiger partial charge in [-0.25, -0.2) is 0 Å². The molecule has 4 rings (SSSR count). The van der Waals surface area contributed by atoms with Crippen LogP contribution >= 0.6 is 11.3 Å². The van der Waals surface area contributed by atoms with Crippen molar-refractivity contribution in [3.05, 3.63) is 64.5 Å². The van der Waals surface area contributed by atoms with Crippen molar-refractivity contribution in [1.82, 2.24) is 14.7 Å². The summed E-state index contributed by atoms with van der Waals surface area (Å²) in [4.78, 5) is 16.4. The lowest BCUT2D eigenvalue weighted by atomic mass is 10.2. The molecule has 21 heavy (non-hydrogen) atoms. The van der Waals surface area contributed by atoms with Crippen LogP contribution in [0.2, 0.25) is 0 Å². The number of thiazole rings is 1. The van der Waals surface area contributed by atoms with Gasteiger partial charge in [-0.1, -0.05) is 40.8 Å². The molecule has 5 nitrogen and oxygen atoms in total. The van der Waals surface area contributed by atoms with E-state index in [4.69, 9.17) is 4.52 Å². The smallest absolute Gasteiger partial charge is 0.312 e. The van der Waals surface area contributed by atoms with Crippen molar-refractivity contribution in [1.29, 1.82) is 0 Å². The average molecular weight is 295 g/mol. The van der Waals surface area contributed by atoms with Gasteiger partial charge in [0.25, 0.3) is 5.89 Å². The van der Waals surface area contributed by atoms with E-state index >= 15 is 0 Å². The third-order valence-electron chi connectivity index (χ3n) is 3.21. The Hall–Kier alpha value is -2.73. The van der Waals surface area contributed by atoms with Gasteiger partial charge in [0.1, 0.15) is 0 Å². The first-order valence-electron chi connectivity index (χ1n) is 6.31. The van der Waals surface area contributed by atoms with E-state index in [1.807, 2.05) is 48.5 Å². The maximum atomic E-state index is 12.4. The molecule has 0 bridgehead atoms. The van der Waals surface area contributed by atoms with Gasteiger partial charge in [0.15, 0.2) is 6.33 Å². The second-order valence-corrected chi connectivity index (χ2v) is 5.43. The van der Waals surface area contributed by atoms with Gasteiger partial charge in [-0.05, 0) is 24.3 Å². The van der Waals surface area contributed by atoms with Gasteiger partial charge in [-0.2, -0.15) is 4.98 Å². The Morgan fingerprint density at radius 2 is 1.90 bits per heavy atom. The molecule has 0 radical (unpaired) electrons. The first kappa shape index (κ1) is 12.0. The van der Waals surface area contributed by atoms with Crippen molar-refractivity contribution >= 4 is 21.6 Å². The van der Waals surface area contributed by atoms with Gasteiger partial charge in [-0.3, -0.25) is 9.36 Å². The van der Waals surface area contributed by atoms with Crippen LogP contribution in [0, 0.1) is 0 Å². The molecule has 2 heterocycles. The zero-order valence-corrected chi connectivity index (χ0v) is 11.6. The standard InChI is InChI=1S/C15H9N3O2S/c19-15-18(10-5-2-1-3-6-10)13-11(14-16-9-17-20-14)7-4-8-12(13)21-15/h1-9H. The zero-order valence-electron chi connectivity index (χ0n) is 10.8. The molecular formula is C15H9N3O2S. The molecule has 4 aromatic rings. The van der Waals surface area contributed by atoms with E-state index in [2.05, 4.69) is 10.1 Å². The summed E-state index contributed by atoms with van der Waals surface area (Å²) in [5.41, 5.74) is 2.37. The van der Waals surface area contributed by atoms with Crippen molar-refractivity contribution in [2.45, 2.75) is 0 Å². The molecule has 0 aliphatic heterocycles. The van der Waals surface area contributed by atoms with Crippen LogP contribution in [0.1, 0.15) is 0 Å². The van der Waals surface area contributed by atoms with Gasteiger partial charge >= 0.3 is 4.87 Å². The summed E-state index contributed by atoms with van der Waals surface area (Å²) in [5, 5.41) is 3.64. The Morgan fingerprint density at radius 3 is 2.67 bits per heavy atom. The third kappa shape index (κ3) is 1.88. The molecule has 0 N–H and O–H groups in total. The molecule has 6 heteroatoms. The molecule has 0 saturated carbocycles. The predicted molar refractivity (Wildman–Crippen MR) is 80.7 cm³/mol. The van der Waals surface area contributed by atoms with Gasteiger partial charge < -0.3 is 4.52 Å². The number of hydrogen-bond acceptors (Lipinski definition) is 5. The van der Waals surface area contributed by atoms with Crippen LogP contribution in [0.5, 0.6) is 0 Å². The van der Waals surface area contributed by atoms with E-state index in [0.717, 1.165) is 21.5 Å². The Morgan fingerprint density at radius 1 is 1.05 bits per heavy atom. The van der Waals surface area contributed by atoms with E-state index in [1.54, 1.807) is 4.57 Å². The van der Waals surface area contributed by atoms with Crippen molar-refractivity contribution in [3.8, 4) is 17.1 Å². The molecule has 0 unspecified atom stereocenters. The zero-order chi connectivity index (χ0) is 14.2. The minimum atomic E-state index is -0.0387. The van der Waals surface area contributed by atoms with Crippen LogP contribution in [0.4, 0.5) is 0 Å². The predicted octanol–water partition coefficient (Wildman–Crippen LogP) is 3.10. The lowest BCUT2D eigenvalue weighted by Crippen LogP contribution is -2.10. The number of aromatic nitrogens is 3. The van der Waals surface area contributed by atoms with Crippen LogP contribution < -0.4 is 4.87 Å². The maximum absolute atomic E-state index is 12.4. The fourth-order valence-corrected chi connectivity index (χ4v) is 3.26. The number of para-hydroxylation sites is 2. The van der Waals surface area contributed by atoms with Crippen LogP contribution in [0.3, 0.4) is 0 Å². The second kappa shape index (κ2) is 4.68. The topological polar surface area (TPSA) is 60.9 Å². The summed E-state index contributed by atoms with van der Waals surface area (Å²) in [5.74, 6) is 0.406. The van der Waals surface area contributed by atoms with Gasteiger partial charge in [0.2, 0.25) is 0 Å². The SMILES string of the molecule is O=c1sc2cccc(-c3ncno3)c2n1-c1ccccc1. The van der Waals surface area contributed by atoms with Gasteiger partial charge in [0.05, 0.1) is 21.5 Å². The first-order valence-corrected chi connectivity index (χ1v) is 7.13. The van der Waals surface area contributed by atoms with Crippen LogP contribution in [0.15, 0.2) is 64.2 Å². The summed E-state index contributed by atoms with van der Waals surface area (Å²) < 4.78 is 7.72. The quantitative estimate of drug-likeness (QED) is 0.570. The molecule has 0 saturated heterocycles. The number of benzene rings is 2. The third-order valence-corrected chi connectivity index (χ3v) is 4.12. The Kier molecular flexibility index (Phi) is 2.68. The maximum Gasteiger partial charge on any atom is 0.312 e. The van der Waals surface area contributed by atoms with E-state index in [-0.39, 0.29) is 4.87 Å². The Bertz CT molecular complexity index is 956. The Balaban J connectivity index is 2.12. The number of rotatable bonds is 2. The van der Waals surface area contributed by atoms with Crippen molar-refractivity contribution in [2.24, 2.45) is 0 Å². The van der Waals surface area contributed by atoms with Crippen LogP contribution in [-0.4, -0.2) is 14.7 Å². The molecule has 0 aliphatic carbocycles. The molecule has 2 aromatic heterocycles. The highest BCUT2D eigenvalue weighted by Gasteiger charge is 2.16. The van der Waals surface area contributed by atoms with Crippen LogP contribution in [0.25, 0.3) is 27.4 Å². The summed E-state index contributed by atoms with van der Waals surface area (Å²) in [6.45, 7) is 0. The number of nitrogens with zero attached hydrogens (tertiary/aromatic N) is 3. The molecule has 0 fully saturated rings. The monoisotopic (exact) mass is 295 g/mol. The minimum Gasteiger partial charge on any atom is -0.334 e.